The van der Waals surface area contributed by atoms with Crippen molar-refractivity contribution in [3.63, 3.8) is 0 Å². The van der Waals surface area contributed by atoms with Crippen molar-refractivity contribution in [3.05, 3.63) is 259 Å². The lowest BCUT2D eigenvalue weighted by molar-refractivity contribution is 0.590. The van der Waals surface area contributed by atoms with Gasteiger partial charge in [0.05, 0.1) is 16.8 Å². The summed E-state index contributed by atoms with van der Waals surface area (Å²) < 4.78 is 25.9. The summed E-state index contributed by atoms with van der Waals surface area (Å²) in [5.41, 5.74) is 10.3. The summed E-state index contributed by atoms with van der Waals surface area (Å²) in [6.07, 6.45) is 0. The van der Waals surface area contributed by atoms with E-state index in [2.05, 4.69) is 175 Å². The van der Waals surface area contributed by atoms with E-state index in [-0.39, 0.29) is 0 Å². The summed E-state index contributed by atoms with van der Waals surface area (Å²) in [4.78, 5) is 18.3. The smallest absolute Gasteiger partial charge is 0.171 e. The maximum atomic E-state index is 16.9. The Labute approximate surface area is 418 Å². The molecule has 10 aromatic carbocycles. The lowest BCUT2D eigenvalue weighted by atomic mass is 9.62. The van der Waals surface area contributed by atoms with Crippen molar-refractivity contribution < 1.29 is 8.98 Å². The average molecular weight is 959 g/mol. The van der Waals surface area contributed by atoms with E-state index in [0.717, 1.165) is 93.0 Å². The molecule has 0 saturated carbocycles. The zero-order valence-electron chi connectivity index (χ0n) is 38.5. The Morgan fingerprint density at radius 1 is 0.431 bits per heavy atom. The molecule has 2 aliphatic rings. The van der Waals surface area contributed by atoms with E-state index in [1.165, 1.54) is 15.5 Å². The van der Waals surface area contributed by atoms with Crippen LogP contribution in [0.25, 0.3) is 76.3 Å². The summed E-state index contributed by atoms with van der Waals surface area (Å²) in [7, 11) is -3.54. The molecule has 2 aliphatic heterocycles. The minimum Gasteiger partial charge on any atom is -0.456 e. The molecule has 6 nitrogen and oxygen atoms in total. The van der Waals surface area contributed by atoms with Crippen LogP contribution in [0.1, 0.15) is 22.3 Å². The summed E-state index contributed by atoms with van der Waals surface area (Å²) in [6.45, 7) is 0. The predicted octanol–water partition coefficient (Wildman–Crippen LogP) is 15.3. The maximum absolute atomic E-state index is 16.9. The second-order valence-corrected chi connectivity index (χ2v) is 22.3. The van der Waals surface area contributed by atoms with Gasteiger partial charge in [-0.15, -0.1) is 11.3 Å². The molecular formula is C64H39N4O2PS. The van der Waals surface area contributed by atoms with Crippen LogP contribution in [0, 0.1) is 0 Å². The van der Waals surface area contributed by atoms with Crippen LogP contribution < -0.4 is 20.8 Å². The van der Waals surface area contributed by atoms with Gasteiger partial charge in [-0.05, 0) is 76.9 Å². The van der Waals surface area contributed by atoms with E-state index >= 15 is 4.57 Å². The standard InChI is InChI=1S/C64H39N4O2PS/c69-71(43-23-8-3-9-24-43)57-33-16-13-30-51(57)64(52-38-48-44-25-10-15-32-55(44)70-56(48)39-58(52)71)49-29-12-14-31-53(49)68(42-21-6-2-7-22-42)54-37-41(35-36-50(54)64)62-65-61(40-19-4-1-5-20-40)66-63(67-62)47-28-18-27-46-45-26-11-17-34-59(45)72-60(46)47/h1-39H. The van der Waals surface area contributed by atoms with Crippen LogP contribution in [0.15, 0.2) is 241 Å². The minimum atomic E-state index is -3.54. The SMILES string of the molecule is O=P1(c2ccccc2)c2ccccc2C2(c3ccccc3N(c3ccccc3)c3cc(-c4nc(-c5ccccc5)nc(-c5cccc6c5sc5ccccc56)n4)ccc32)c2cc3c(cc21)oc1ccccc13. The summed E-state index contributed by atoms with van der Waals surface area (Å²) in [5.74, 6) is 1.76. The van der Waals surface area contributed by atoms with Gasteiger partial charge < -0.3 is 13.9 Å². The van der Waals surface area contributed by atoms with Crippen molar-refractivity contribution in [1.82, 2.24) is 15.0 Å². The van der Waals surface area contributed by atoms with Crippen LogP contribution in [-0.4, -0.2) is 15.0 Å². The van der Waals surface area contributed by atoms with Crippen molar-refractivity contribution in [2.75, 3.05) is 4.90 Å². The quantitative estimate of drug-likeness (QED) is 0.160. The molecule has 0 fully saturated rings. The predicted molar refractivity (Wildman–Crippen MR) is 296 cm³/mol. The first-order chi connectivity index (χ1) is 35.6. The first-order valence-electron chi connectivity index (χ1n) is 24.1. The summed E-state index contributed by atoms with van der Waals surface area (Å²) >= 11 is 1.76. The van der Waals surface area contributed by atoms with Crippen molar-refractivity contribution in [3.8, 4) is 34.2 Å². The van der Waals surface area contributed by atoms with Gasteiger partial charge in [0, 0.05) is 69.2 Å². The number of rotatable bonds is 5. The van der Waals surface area contributed by atoms with Gasteiger partial charge in [0.15, 0.2) is 24.6 Å². The monoisotopic (exact) mass is 958 g/mol. The van der Waals surface area contributed by atoms with Gasteiger partial charge >= 0.3 is 0 Å². The number of anilines is 3. The van der Waals surface area contributed by atoms with E-state index in [4.69, 9.17) is 19.4 Å². The Kier molecular flexibility index (Phi) is 8.92. The van der Waals surface area contributed by atoms with Crippen LogP contribution >= 0.6 is 18.5 Å². The number of hydrogen-bond donors (Lipinski definition) is 0. The van der Waals surface area contributed by atoms with Crippen molar-refractivity contribution in [2.45, 2.75) is 5.41 Å². The number of aromatic nitrogens is 3. The van der Waals surface area contributed by atoms with Gasteiger partial charge in [-0.25, -0.2) is 15.0 Å². The van der Waals surface area contributed by atoms with Gasteiger partial charge in [-0.2, -0.15) is 0 Å². The molecule has 8 heteroatoms. The van der Waals surface area contributed by atoms with Gasteiger partial charge in [0.1, 0.15) is 11.2 Å². The fourth-order valence-corrected chi connectivity index (χ4v) is 16.1. The molecule has 13 aromatic rings. The Bertz CT molecular complexity index is 4400. The lowest BCUT2D eigenvalue weighted by Gasteiger charge is -2.50. The van der Waals surface area contributed by atoms with Crippen LogP contribution in [0.5, 0.6) is 0 Å². The Hall–Kier alpha value is -8.74. The first kappa shape index (κ1) is 41.1. The number of benzene rings is 10. The van der Waals surface area contributed by atoms with Gasteiger partial charge in [0.2, 0.25) is 0 Å². The number of fused-ring (bicyclic) bond motifs is 14. The first-order valence-corrected chi connectivity index (χ1v) is 26.6. The number of para-hydroxylation sites is 3. The fraction of sp³-hybridized carbons (Fsp3) is 0.0156. The number of furan rings is 1. The molecule has 15 rings (SSSR count). The average Bonchev–Trinajstić information content (AvgIpc) is 4.02. The molecular weight excluding hydrogens is 920 g/mol. The summed E-state index contributed by atoms with van der Waals surface area (Å²) in [6, 6.07) is 82.1. The molecule has 1 spiro atoms. The van der Waals surface area contributed by atoms with E-state index in [0.29, 0.717) is 23.1 Å². The van der Waals surface area contributed by atoms with Crippen LogP contribution in [0.4, 0.5) is 17.1 Å². The molecule has 72 heavy (non-hydrogen) atoms. The largest absolute Gasteiger partial charge is 0.456 e. The number of hydrogen-bond acceptors (Lipinski definition) is 7. The molecule has 0 N–H and O–H groups in total. The number of thiophene rings is 1. The number of nitrogens with zero attached hydrogens (tertiary/aromatic N) is 4. The third kappa shape index (κ3) is 5.78. The third-order valence-corrected chi connectivity index (χ3v) is 19.1. The molecule has 0 bridgehead atoms. The highest BCUT2D eigenvalue weighted by Crippen LogP contribution is 2.63. The van der Waals surface area contributed by atoms with E-state index in [1.807, 2.05) is 66.7 Å². The molecule has 338 valence electrons. The van der Waals surface area contributed by atoms with Gasteiger partial charge in [0.25, 0.3) is 0 Å². The Balaban J connectivity index is 1.05. The van der Waals surface area contributed by atoms with Crippen LogP contribution in [0.3, 0.4) is 0 Å². The Morgan fingerprint density at radius 3 is 1.90 bits per heavy atom. The van der Waals surface area contributed by atoms with E-state index < -0.39 is 12.6 Å². The third-order valence-electron chi connectivity index (χ3n) is 14.8. The zero-order chi connectivity index (χ0) is 47.5. The molecule has 0 saturated heterocycles. The molecule has 2 atom stereocenters. The topological polar surface area (TPSA) is 72.1 Å². The van der Waals surface area contributed by atoms with Gasteiger partial charge in [-0.1, -0.05) is 182 Å². The highest BCUT2D eigenvalue weighted by molar-refractivity contribution is 7.85. The van der Waals surface area contributed by atoms with E-state index in [1.54, 1.807) is 11.3 Å². The maximum Gasteiger partial charge on any atom is 0.171 e. The highest BCUT2D eigenvalue weighted by atomic mass is 32.1. The summed E-state index contributed by atoms with van der Waals surface area (Å²) in [5, 5.41) is 6.73. The second-order valence-electron chi connectivity index (χ2n) is 18.5. The molecule has 2 unspecified atom stereocenters. The fourth-order valence-electron chi connectivity index (χ4n) is 11.7. The molecule has 0 radical (unpaired) electrons. The normalized spacial score (nSPS) is 16.8. The highest BCUT2D eigenvalue weighted by Gasteiger charge is 2.55. The zero-order valence-corrected chi connectivity index (χ0v) is 40.2. The minimum absolute atomic E-state index is 0.560. The lowest BCUT2D eigenvalue weighted by Crippen LogP contribution is -2.49. The molecule has 0 amide bonds. The van der Waals surface area contributed by atoms with Crippen molar-refractivity contribution in [1.29, 1.82) is 0 Å². The molecule has 0 aliphatic carbocycles. The molecule has 3 aromatic heterocycles. The van der Waals surface area contributed by atoms with Crippen molar-refractivity contribution >= 4 is 93.6 Å². The van der Waals surface area contributed by atoms with Crippen LogP contribution in [0.2, 0.25) is 0 Å². The van der Waals surface area contributed by atoms with E-state index in [9.17, 15) is 0 Å². The molecule has 5 heterocycles. The van der Waals surface area contributed by atoms with Crippen molar-refractivity contribution in [2.24, 2.45) is 0 Å². The van der Waals surface area contributed by atoms with Gasteiger partial charge in [-0.3, -0.25) is 0 Å². The second kappa shape index (κ2) is 15.6. The van der Waals surface area contributed by atoms with Crippen LogP contribution in [-0.2, 0) is 9.98 Å². The Morgan fingerprint density at radius 2 is 1.07 bits per heavy atom.